The molecule has 0 radical (unpaired) electrons. The van der Waals surface area contributed by atoms with Crippen LogP contribution in [0.15, 0.2) is 36.4 Å². The van der Waals surface area contributed by atoms with E-state index < -0.39 is 0 Å². The van der Waals surface area contributed by atoms with E-state index in [1.54, 1.807) is 12.1 Å². The first-order chi connectivity index (χ1) is 8.63. The van der Waals surface area contributed by atoms with Gasteiger partial charge in [-0.1, -0.05) is 0 Å². The van der Waals surface area contributed by atoms with Gasteiger partial charge in [0.2, 0.25) is 0 Å². The first-order valence-corrected chi connectivity index (χ1v) is 6.31. The molecule has 0 bridgehead atoms. The van der Waals surface area contributed by atoms with E-state index in [1.165, 1.54) is 23.5 Å². The maximum Gasteiger partial charge on any atom is 0.124 e. The highest BCUT2D eigenvalue weighted by Gasteiger charge is 2.08. The van der Waals surface area contributed by atoms with Crippen LogP contribution in [0.25, 0.3) is 20.8 Å². The molecule has 1 heterocycles. The van der Waals surface area contributed by atoms with Crippen molar-refractivity contribution in [2.45, 2.75) is 6.92 Å². The van der Waals surface area contributed by atoms with Crippen molar-refractivity contribution in [2.75, 3.05) is 0 Å². The van der Waals surface area contributed by atoms with Gasteiger partial charge >= 0.3 is 0 Å². The number of aromatic hydroxyl groups is 1. The van der Waals surface area contributed by atoms with Crippen molar-refractivity contribution >= 4 is 21.6 Å². The van der Waals surface area contributed by atoms with Gasteiger partial charge in [0.25, 0.3) is 0 Å². The van der Waals surface area contributed by atoms with E-state index in [9.17, 15) is 9.50 Å². The predicted molar refractivity (Wildman–Crippen MR) is 71.4 cm³/mol. The predicted octanol–water partition coefficient (Wildman–Crippen LogP) is 4.12. The molecule has 0 atom stereocenters. The molecule has 1 N–H and O–H groups in total. The van der Waals surface area contributed by atoms with Crippen molar-refractivity contribution in [1.82, 2.24) is 4.98 Å². The van der Waals surface area contributed by atoms with Crippen molar-refractivity contribution in [3.05, 3.63) is 47.8 Å². The maximum absolute atomic E-state index is 13.1. The average molecular weight is 259 g/mol. The summed E-state index contributed by atoms with van der Waals surface area (Å²) < 4.78 is 13.9. The fourth-order valence-corrected chi connectivity index (χ4v) is 2.80. The minimum Gasteiger partial charge on any atom is -0.508 e. The number of halogens is 1. The minimum atomic E-state index is -0.250. The molecule has 0 aliphatic carbocycles. The number of thiazole rings is 1. The van der Waals surface area contributed by atoms with Gasteiger partial charge in [0, 0.05) is 5.56 Å². The monoisotopic (exact) mass is 259 g/mol. The number of nitrogens with zero attached hydrogens (tertiary/aromatic N) is 1. The van der Waals surface area contributed by atoms with Crippen molar-refractivity contribution < 1.29 is 9.50 Å². The summed E-state index contributed by atoms with van der Waals surface area (Å²) in [4.78, 5) is 4.47. The highest BCUT2D eigenvalue weighted by Crippen LogP contribution is 2.32. The zero-order valence-corrected chi connectivity index (χ0v) is 10.5. The fraction of sp³-hybridized carbons (Fsp3) is 0.0714. The Morgan fingerprint density at radius 2 is 2.00 bits per heavy atom. The van der Waals surface area contributed by atoms with E-state index in [1.807, 2.05) is 19.1 Å². The summed E-state index contributed by atoms with van der Waals surface area (Å²) in [6.07, 6.45) is 0. The van der Waals surface area contributed by atoms with Gasteiger partial charge in [0.05, 0.1) is 10.2 Å². The Hall–Kier alpha value is -1.94. The third-order valence-electron chi connectivity index (χ3n) is 2.79. The number of rotatable bonds is 1. The number of aryl methyl sites for hydroxylation is 1. The minimum absolute atomic E-state index is 0.250. The Morgan fingerprint density at radius 3 is 2.78 bits per heavy atom. The van der Waals surface area contributed by atoms with Crippen LogP contribution in [-0.4, -0.2) is 10.1 Å². The van der Waals surface area contributed by atoms with Crippen LogP contribution in [0, 0.1) is 12.7 Å². The fourth-order valence-electron chi connectivity index (χ4n) is 1.81. The summed E-state index contributed by atoms with van der Waals surface area (Å²) in [5, 5.41) is 10.3. The SMILES string of the molecule is Cc1cc(-c2nc3ccc(F)cc3s2)ccc1O. The van der Waals surface area contributed by atoms with Crippen LogP contribution in [0.1, 0.15) is 5.56 Å². The second-order valence-corrected chi connectivity index (χ2v) is 5.16. The molecular formula is C14H10FNOS. The van der Waals surface area contributed by atoms with Gasteiger partial charge in [-0.2, -0.15) is 0 Å². The molecule has 3 rings (SSSR count). The lowest BCUT2D eigenvalue weighted by Gasteiger charge is -2.00. The number of phenols is 1. The smallest absolute Gasteiger partial charge is 0.124 e. The Balaban J connectivity index is 2.16. The van der Waals surface area contributed by atoms with Gasteiger partial charge < -0.3 is 5.11 Å². The Bertz CT molecular complexity index is 736. The number of aromatic nitrogens is 1. The Morgan fingerprint density at radius 1 is 1.17 bits per heavy atom. The summed E-state index contributed by atoms with van der Waals surface area (Å²) in [6.45, 7) is 1.84. The zero-order chi connectivity index (χ0) is 12.7. The van der Waals surface area contributed by atoms with E-state index in [-0.39, 0.29) is 11.6 Å². The van der Waals surface area contributed by atoms with Gasteiger partial charge in [-0.15, -0.1) is 11.3 Å². The maximum atomic E-state index is 13.1. The molecule has 1 aromatic heterocycles. The van der Waals surface area contributed by atoms with Crippen molar-refractivity contribution in [1.29, 1.82) is 0 Å². The van der Waals surface area contributed by atoms with E-state index in [2.05, 4.69) is 4.98 Å². The summed E-state index contributed by atoms with van der Waals surface area (Å²) in [6, 6.07) is 9.92. The molecular weight excluding hydrogens is 249 g/mol. The van der Waals surface area contributed by atoms with Gasteiger partial charge in [0.1, 0.15) is 16.6 Å². The zero-order valence-electron chi connectivity index (χ0n) is 9.64. The van der Waals surface area contributed by atoms with Gasteiger partial charge in [-0.05, 0) is 48.9 Å². The van der Waals surface area contributed by atoms with Crippen molar-refractivity contribution in [3.63, 3.8) is 0 Å². The molecule has 2 nitrogen and oxygen atoms in total. The molecule has 0 amide bonds. The highest BCUT2D eigenvalue weighted by atomic mass is 32.1. The molecule has 4 heteroatoms. The number of benzene rings is 2. The molecule has 2 aromatic carbocycles. The van der Waals surface area contributed by atoms with E-state index in [4.69, 9.17) is 0 Å². The lowest BCUT2D eigenvalue weighted by molar-refractivity contribution is 0.471. The van der Waals surface area contributed by atoms with Crippen LogP contribution in [0.3, 0.4) is 0 Å². The summed E-state index contributed by atoms with van der Waals surface area (Å²) >= 11 is 1.45. The molecule has 0 unspecified atom stereocenters. The highest BCUT2D eigenvalue weighted by molar-refractivity contribution is 7.21. The van der Waals surface area contributed by atoms with E-state index in [0.717, 1.165) is 26.4 Å². The molecule has 18 heavy (non-hydrogen) atoms. The lowest BCUT2D eigenvalue weighted by atomic mass is 10.1. The molecule has 0 aliphatic heterocycles. The van der Waals surface area contributed by atoms with E-state index in [0.29, 0.717) is 0 Å². The Kier molecular flexibility index (Phi) is 2.52. The molecule has 0 saturated heterocycles. The average Bonchev–Trinajstić information content (AvgIpc) is 2.75. The van der Waals surface area contributed by atoms with Crippen molar-refractivity contribution in [2.24, 2.45) is 0 Å². The molecule has 0 aliphatic rings. The summed E-state index contributed by atoms with van der Waals surface area (Å²) in [5.41, 5.74) is 2.53. The van der Waals surface area contributed by atoms with Crippen LogP contribution in [0.5, 0.6) is 5.75 Å². The molecule has 0 fully saturated rings. The quantitative estimate of drug-likeness (QED) is 0.713. The number of fused-ring (bicyclic) bond motifs is 1. The second kappa shape index (κ2) is 4.07. The second-order valence-electron chi connectivity index (χ2n) is 4.13. The first-order valence-electron chi connectivity index (χ1n) is 5.49. The number of hydrogen-bond acceptors (Lipinski definition) is 3. The summed E-state index contributed by atoms with van der Waals surface area (Å²) in [7, 11) is 0. The molecule has 3 aromatic rings. The number of hydrogen-bond donors (Lipinski definition) is 1. The van der Waals surface area contributed by atoms with E-state index >= 15 is 0 Å². The van der Waals surface area contributed by atoms with Crippen molar-refractivity contribution in [3.8, 4) is 16.3 Å². The summed E-state index contributed by atoms with van der Waals surface area (Å²) in [5.74, 6) is 0.0190. The largest absolute Gasteiger partial charge is 0.508 e. The molecule has 0 spiro atoms. The molecule has 0 saturated carbocycles. The van der Waals surface area contributed by atoms with Crippen LogP contribution in [0.4, 0.5) is 4.39 Å². The third-order valence-corrected chi connectivity index (χ3v) is 3.86. The van der Waals surface area contributed by atoms with Gasteiger partial charge in [-0.25, -0.2) is 9.37 Å². The van der Waals surface area contributed by atoms with Crippen LogP contribution < -0.4 is 0 Å². The standard InChI is InChI=1S/C14H10FNOS/c1-8-6-9(2-5-12(8)17)14-16-11-4-3-10(15)7-13(11)18-14/h2-7,17H,1H3. The first kappa shape index (κ1) is 11.2. The van der Waals surface area contributed by atoms with Crippen LogP contribution in [-0.2, 0) is 0 Å². The van der Waals surface area contributed by atoms with Gasteiger partial charge in [0.15, 0.2) is 0 Å². The van der Waals surface area contributed by atoms with Crippen LogP contribution in [0.2, 0.25) is 0 Å². The van der Waals surface area contributed by atoms with Crippen LogP contribution >= 0.6 is 11.3 Å². The molecule has 90 valence electrons. The Labute approximate surface area is 107 Å². The number of phenolic OH excluding ortho intramolecular Hbond substituents is 1. The third kappa shape index (κ3) is 1.84. The topological polar surface area (TPSA) is 33.1 Å². The lowest BCUT2D eigenvalue weighted by Crippen LogP contribution is -1.79. The van der Waals surface area contributed by atoms with Gasteiger partial charge in [-0.3, -0.25) is 0 Å². The normalized spacial score (nSPS) is 11.0.